The number of carbonyl (C=O) groups excluding carboxylic acids is 2. The summed E-state index contributed by atoms with van der Waals surface area (Å²) in [6, 6.07) is 11.6. The smallest absolute Gasteiger partial charge is 0.195 e. The molecule has 108 valence electrons. The number of hydrogen-bond donors (Lipinski definition) is 1. The molecule has 21 heavy (non-hydrogen) atoms. The molecule has 0 atom stereocenters. The highest BCUT2D eigenvalue weighted by molar-refractivity contribution is 6.12. The molecule has 0 radical (unpaired) electrons. The first-order valence-corrected chi connectivity index (χ1v) is 6.29. The number of rotatable bonds is 5. The van der Waals surface area contributed by atoms with Gasteiger partial charge in [-0.05, 0) is 17.7 Å². The van der Waals surface area contributed by atoms with Crippen LogP contribution < -0.4 is 15.6 Å². The molecule has 0 spiro atoms. The van der Waals surface area contributed by atoms with Crippen LogP contribution >= 0.6 is 0 Å². The quantitative estimate of drug-likeness (QED) is 0.647. The molecule has 5 nitrogen and oxygen atoms in total. The Balaban J connectivity index is 2.52. The van der Waals surface area contributed by atoms with Crippen molar-refractivity contribution in [3.05, 3.63) is 59.2 Å². The van der Waals surface area contributed by atoms with E-state index in [1.807, 2.05) is 0 Å². The van der Waals surface area contributed by atoms with Crippen molar-refractivity contribution < 1.29 is 19.4 Å². The van der Waals surface area contributed by atoms with Crippen molar-refractivity contribution in [1.82, 2.24) is 0 Å². The van der Waals surface area contributed by atoms with Crippen molar-refractivity contribution >= 4 is 17.4 Å². The third-order valence-corrected chi connectivity index (χ3v) is 3.09. The van der Waals surface area contributed by atoms with Crippen LogP contribution in [0.3, 0.4) is 0 Å². The Labute approximate surface area is 122 Å². The van der Waals surface area contributed by atoms with E-state index in [1.54, 1.807) is 30.3 Å². The van der Waals surface area contributed by atoms with Gasteiger partial charge < -0.3 is 20.4 Å². The maximum absolute atomic E-state index is 12.5. The molecule has 0 fully saturated rings. The topological polar surface area (TPSA) is 92.4 Å². The fourth-order valence-corrected chi connectivity index (χ4v) is 2.04. The highest BCUT2D eigenvalue weighted by Gasteiger charge is 2.16. The summed E-state index contributed by atoms with van der Waals surface area (Å²) in [5.74, 6) is -1.18. The number of nitrogens with two attached hydrogens (primary N) is 1. The van der Waals surface area contributed by atoms with Gasteiger partial charge in [0, 0.05) is 29.2 Å². The first-order chi connectivity index (χ1) is 10.0. The Morgan fingerprint density at radius 3 is 2.43 bits per heavy atom. The number of aliphatic carboxylic acids is 1. The normalized spacial score (nSPS) is 10.1. The minimum Gasteiger partial charge on any atom is -0.550 e. The van der Waals surface area contributed by atoms with E-state index in [2.05, 4.69) is 0 Å². The van der Waals surface area contributed by atoms with Crippen molar-refractivity contribution in [2.24, 2.45) is 0 Å². The number of benzene rings is 2. The summed E-state index contributed by atoms with van der Waals surface area (Å²) in [5, 5.41) is 10.8. The minimum absolute atomic E-state index is 0.133. The second-order valence-electron chi connectivity index (χ2n) is 4.49. The van der Waals surface area contributed by atoms with Gasteiger partial charge in [-0.2, -0.15) is 0 Å². The van der Waals surface area contributed by atoms with Gasteiger partial charge in [-0.25, -0.2) is 0 Å². The Bertz CT molecular complexity index is 680. The van der Waals surface area contributed by atoms with E-state index in [-0.39, 0.29) is 23.5 Å². The van der Waals surface area contributed by atoms with E-state index in [0.29, 0.717) is 16.9 Å². The Hall–Kier alpha value is -2.82. The van der Waals surface area contributed by atoms with Gasteiger partial charge in [0.1, 0.15) is 5.75 Å². The van der Waals surface area contributed by atoms with Gasteiger partial charge in [0.15, 0.2) is 5.78 Å². The van der Waals surface area contributed by atoms with Crippen molar-refractivity contribution in [1.29, 1.82) is 0 Å². The number of ketones is 1. The number of methoxy groups -OCH3 is 1. The van der Waals surface area contributed by atoms with Crippen molar-refractivity contribution in [2.45, 2.75) is 6.42 Å². The molecule has 0 aliphatic carbocycles. The Kier molecular flexibility index (Phi) is 4.23. The fourth-order valence-electron chi connectivity index (χ4n) is 2.04. The predicted molar refractivity (Wildman–Crippen MR) is 76.0 cm³/mol. The van der Waals surface area contributed by atoms with Gasteiger partial charge in [0.2, 0.25) is 0 Å². The summed E-state index contributed by atoms with van der Waals surface area (Å²) < 4.78 is 5.10. The van der Waals surface area contributed by atoms with E-state index in [1.165, 1.54) is 19.2 Å². The molecular weight excluding hydrogens is 270 g/mol. The van der Waals surface area contributed by atoms with E-state index in [0.717, 1.165) is 0 Å². The largest absolute Gasteiger partial charge is 0.550 e. The molecule has 2 rings (SSSR count). The summed E-state index contributed by atoms with van der Waals surface area (Å²) in [4.78, 5) is 23.3. The van der Waals surface area contributed by atoms with E-state index in [4.69, 9.17) is 10.5 Å². The lowest BCUT2D eigenvalue weighted by Crippen LogP contribution is -2.25. The first-order valence-electron chi connectivity index (χ1n) is 6.29. The monoisotopic (exact) mass is 284 g/mol. The molecule has 0 bridgehead atoms. The van der Waals surface area contributed by atoms with Gasteiger partial charge in [0.25, 0.3) is 0 Å². The Morgan fingerprint density at radius 1 is 1.19 bits per heavy atom. The van der Waals surface area contributed by atoms with Crippen LogP contribution in [0.25, 0.3) is 0 Å². The second kappa shape index (κ2) is 6.09. The van der Waals surface area contributed by atoms with Gasteiger partial charge in [-0.3, -0.25) is 4.79 Å². The lowest BCUT2D eigenvalue weighted by molar-refractivity contribution is -0.304. The van der Waals surface area contributed by atoms with Crippen LogP contribution in [0.5, 0.6) is 5.75 Å². The summed E-state index contributed by atoms with van der Waals surface area (Å²) in [6.07, 6.45) is -0.377. The lowest BCUT2D eigenvalue weighted by Gasteiger charge is -2.13. The van der Waals surface area contributed by atoms with Crippen LogP contribution in [0.2, 0.25) is 0 Å². The number of nitrogen functional groups attached to an aromatic ring is 1. The van der Waals surface area contributed by atoms with Crippen molar-refractivity contribution in [3.63, 3.8) is 0 Å². The molecule has 0 amide bonds. The lowest BCUT2D eigenvalue weighted by atomic mass is 9.97. The standard InChI is InChI=1S/C16H15NO4/c1-21-12-7-11(8-14(18)19)15(17)13(9-12)16(20)10-5-3-2-4-6-10/h2-7,9H,8,17H2,1H3,(H,18,19)/p-1. The second-order valence-corrected chi connectivity index (χ2v) is 4.49. The van der Waals surface area contributed by atoms with Crippen LogP contribution in [0.4, 0.5) is 5.69 Å². The van der Waals surface area contributed by atoms with Gasteiger partial charge in [-0.1, -0.05) is 30.3 Å². The number of anilines is 1. The molecule has 0 saturated carbocycles. The fraction of sp³-hybridized carbons (Fsp3) is 0.125. The molecule has 0 aliphatic heterocycles. The van der Waals surface area contributed by atoms with Gasteiger partial charge >= 0.3 is 0 Å². The number of hydrogen-bond acceptors (Lipinski definition) is 5. The number of ether oxygens (including phenoxy) is 1. The maximum atomic E-state index is 12.5. The summed E-state index contributed by atoms with van der Waals surface area (Å²) in [5.41, 5.74) is 7.05. The first kappa shape index (κ1) is 14.6. The van der Waals surface area contributed by atoms with Crippen molar-refractivity contribution in [2.75, 3.05) is 12.8 Å². The van der Waals surface area contributed by atoms with Gasteiger partial charge in [0.05, 0.1) is 7.11 Å². The Morgan fingerprint density at radius 2 is 1.86 bits per heavy atom. The molecule has 0 heterocycles. The highest BCUT2D eigenvalue weighted by Crippen LogP contribution is 2.27. The average Bonchev–Trinajstić information content (AvgIpc) is 2.49. The predicted octanol–water partition coefficient (Wildman–Crippen LogP) is 0.801. The van der Waals surface area contributed by atoms with E-state index < -0.39 is 5.97 Å². The molecule has 2 aromatic rings. The van der Waals surface area contributed by atoms with E-state index in [9.17, 15) is 14.7 Å². The third-order valence-electron chi connectivity index (χ3n) is 3.09. The molecule has 2 aromatic carbocycles. The molecule has 0 unspecified atom stereocenters. The summed E-state index contributed by atoms with van der Waals surface area (Å²) in [7, 11) is 1.44. The third kappa shape index (κ3) is 3.20. The molecular formula is C16H14NO4-. The highest BCUT2D eigenvalue weighted by atomic mass is 16.5. The summed E-state index contributed by atoms with van der Waals surface area (Å²) in [6.45, 7) is 0. The van der Waals surface area contributed by atoms with Crippen LogP contribution in [-0.4, -0.2) is 18.9 Å². The molecule has 0 saturated heterocycles. The zero-order chi connectivity index (χ0) is 15.4. The summed E-state index contributed by atoms with van der Waals surface area (Å²) >= 11 is 0. The van der Waals surface area contributed by atoms with Gasteiger partial charge in [-0.15, -0.1) is 0 Å². The maximum Gasteiger partial charge on any atom is 0.195 e. The molecule has 0 aromatic heterocycles. The molecule has 0 aliphatic rings. The molecule has 2 N–H and O–H groups in total. The number of carboxylic acid groups (broad SMARTS) is 1. The van der Waals surface area contributed by atoms with Crippen molar-refractivity contribution in [3.8, 4) is 5.75 Å². The SMILES string of the molecule is COc1cc(CC(=O)[O-])c(N)c(C(=O)c2ccccc2)c1. The number of carbonyl (C=O) groups is 2. The minimum atomic E-state index is -1.27. The number of carboxylic acids is 1. The van der Waals surface area contributed by atoms with E-state index >= 15 is 0 Å². The molecule has 5 heteroatoms. The van der Waals surface area contributed by atoms with Crippen LogP contribution in [0.1, 0.15) is 21.5 Å². The van der Waals surface area contributed by atoms with Crippen LogP contribution in [-0.2, 0) is 11.2 Å². The van der Waals surface area contributed by atoms with Crippen LogP contribution in [0, 0.1) is 0 Å². The zero-order valence-electron chi connectivity index (χ0n) is 11.5. The van der Waals surface area contributed by atoms with Crippen LogP contribution in [0.15, 0.2) is 42.5 Å². The average molecular weight is 284 g/mol. The zero-order valence-corrected chi connectivity index (χ0v) is 11.5.